The van der Waals surface area contributed by atoms with Crippen molar-refractivity contribution in [1.82, 2.24) is 15.6 Å². The summed E-state index contributed by atoms with van der Waals surface area (Å²) in [6.45, 7) is 2.46. The smallest absolute Gasteiger partial charge is 0.257 e. The van der Waals surface area contributed by atoms with Crippen molar-refractivity contribution in [2.45, 2.75) is 44.6 Å². The number of nitrogens with zero attached hydrogens (tertiary/aromatic N) is 2. The highest BCUT2D eigenvalue weighted by Gasteiger charge is 2.26. The average molecular weight is 455 g/mol. The number of likely N-dealkylation sites (tertiary alicyclic amines) is 1. The molecule has 2 N–H and O–H groups in total. The van der Waals surface area contributed by atoms with E-state index < -0.39 is 0 Å². The zero-order chi connectivity index (χ0) is 22.6. The van der Waals surface area contributed by atoms with Gasteiger partial charge in [0.15, 0.2) is 0 Å². The van der Waals surface area contributed by atoms with E-state index >= 15 is 0 Å². The lowest BCUT2D eigenvalue weighted by atomic mass is 10.0. The molecule has 1 heterocycles. The quantitative estimate of drug-likeness (QED) is 0.320. The van der Waals surface area contributed by atoms with Crippen molar-refractivity contribution in [2.75, 3.05) is 19.6 Å². The summed E-state index contributed by atoms with van der Waals surface area (Å²) >= 11 is 5.99. The van der Waals surface area contributed by atoms with Gasteiger partial charge >= 0.3 is 0 Å². The molecule has 170 valence electrons. The Bertz CT molecular complexity index is 898. The number of benzene rings is 2. The molecule has 6 nitrogen and oxygen atoms in total. The van der Waals surface area contributed by atoms with Crippen molar-refractivity contribution in [1.29, 1.82) is 0 Å². The maximum absolute atomic E-state index is 12.9. The number of carbonyl (C=O) groups is 2. The van der Waals surface area contributed by atoms with Gasteiger partial charge in [-0.2, -0.15) is 5.10 Å². The van der Waals surface area contributed by atoms with Crippen LogP contribution in [0.4, 0.5) is 0 Å². The van der Waals surface area contributed by atoms with Gasteiger partial charge in [0.2, 0.25) is 0 Å². The number of nitrogens with one attached hydrogen (secondary N) is 2. The number of rotatable bonds is 10. The number of unbranched alkanes of at least 4 members (excludes halogenated alkanes) is 1. The minimum atomic E-state index is -0.211. The highest BCUT2D eigenvalue weighted by atomic mass is 35.5. The molecule has 7 heteroatoms. The Labute approximate surface area is 195 Å². The van der Waals surface area contributed by atoms with E-state index in [0.717, 1.165) is 50.8 Å². The van der Waals surface area contributed by atoms with Crippen molar-refractivity contribution < 1.29 is 9.59 Å². The molecule has 1 aliphatic heterocycles. The predicted molar refractivity (Wildman–Crippen MR) is 129 cm³/mol. The van der Waals surface area contributed by atoms with Gasteiger partial charge in [-0.25, -0.2) is 5.43 Å². The second-order valence-electron chi connectivity index (χ2n) is 8.02. The monoisotopic (exact) mass is 454 g/mol. The number of hydrazone groups is 1. The van der Waals surface area contributed by atoms with Crippen molar-refractivity contribution in [2.24, 2.45) is 5.10 Å². The third-order valence-corrected chi connectivity index (χ3v) is 5.83. The fraction of sp³-hybridized carbons (Fsp3) is 0.400. The van der Waals surface area contributed by atoms with Crippen LogP contribution in [0.1, 0.15) is 54.4 Å². The third-order valence-electron chi connectivity index (χ3n) is 5.60. The first-order valence-electron chi connectivity index (χ1n) is 11.3. The molecule has 2 aromatic rings. The second-order valence-corrected chi connectivity index (χ2v) is 8.46. The molecule has 0 radical (unpaired) electrons. The molecule has 1 fully saturated rings. The molecular weight excluding hydrogens is 424 g/mol. The van der Waals surface area contributed by atoms with E-state index in [-0.39, 0.29) is 17.9 Å². The van der Waals surface area contributed by atoms with Crippen LogP contribution >= 0.6 is 11.6 Å². The predicted octanol–water partition coefficient (Wildman–Crippen LogP) is 4.24. The molecule has 1 saturated heterocycles. The van der Waals surface area contributed by atoms with Gasteiger partial charge in [-0.05, 0) is 75.0 Å². The summed E-state index contributed by atoms with van der Waals surface area (Å²) in [4.78, 5) is 27.3. The van der Waals surface area contributed by atoms with Crippen LogP contribution in [0, 0.1) is 0 Å². The number of hydrogen-bond acceptors (Lipinski definition) is 4. The van der Waals surface area contributed by atoms with Gasteiger partial charge in [0, 0.05) is 17.1 Å². The van der Waals surface area contributed by atoms with Crippen LogP contribution < -0.4 is 10.7 Å². The minimum absolute atomic E-state index is 0.0636. The number of piperidine rings is 1. The third kappa shape index (κ3) is 7.77. The number of amides is 2. The Balaban J connectivity index is 1.47. The minimum Gasteiger partial charge on any atom is -0.352 e. The van der Waals surface area contributed by atoms with Gasteiger partial charge in [-0.3, -0.25) is 14.5 Å². The molecule has 0 spiro atoms. The lowest BCUT2D eigenvalue weighted by molar-refractivity contribution is -0.127. The molecule has 1 atom stereocenters. The molecule has 0 aromatic heterocycles. The highest BCUT2D eigenvalue weighted by Crippen LogP contribution is 2.17. The first-order chi connectivity index (χ1) is 15.6. The zero-order valence-electron chi connectivity index (χ0n) is 18.3. The fourth-order valence-corrected chi connectivity index (χ4v) is 4.10. The summed E-state index contributed by atoms with van der Waals surface area (Å²) in [5.41, 5.74) is 4.20. The van der Waals surface area contributed by atoms with Gasteiger partial charge in [-0.15, -0.1) is 0 Å². The summed E-state index contributed by atoms with van der Waals surface area (Å²) in [6, 6.07) is 16.3. The van der Waals surface area contributed by atoms with E-state index in [1.165, 1.54) is 6.42 Å². The Morgan fingerprint density at radius 3 is 2.56 bits per heavy atom. The Morgan fingerprint density at radius 2 is 1.81 bits per heavy atom. The van der Waals surface area contributed by atoms with Crippen molar-refractivity contribution in [3.05, 3.63) is 70.7 Å². The van der Waals surface area contributed by atoms with E-state index in [1.807, 2.05) is 30.3 Å². The first kappa shape index (κ1) is 24.0. The van der Waals surface area contributed by atoms with Crippen LogP contribution in [0.25, 0.3) is 0 Å². The summed E-state index contributed by atoms with van der Waals surface area (Å²) in [7, 11) is 0. The van der Waals surface area contributed by atoms with Gasteiger partial charge < -0.3 is 5.32 Å². The number of hydrogen-bond donors (Lipinski definition) is 2. The van der Waals surface area contributed by atoms with Crippen molar-refractivity contribution in [3.63, 3.8) is 0 Å². The Kier molecular flexibility index (Phi) is 9.72. The van der Waals surface area contributed by atoms with Crippen molar-refractivity contribution in [3.8, 4) is 0 Å². The summed E-state index contributed by atoms with van der Waals surface area (Å²) in [5.74, 6) is -0.148. The lowest BCUT2D eigenvalue weighted by Gasteiger charge is -2.33. The topological polar surface area (TPSA) is 73.8 Å². The maximum Gasteiger partial charge on any atom is 0.257 e. The molecule has 2 aromatic carbocycles. The van der Waals surface area contributed by atoms with E-state index in [1.54, 1.807) is 30.5 Å². The zero-order valence-corrected chi connectivity index (χ0v) is 19.1. The average Bonchev–Trinajstić information content (AvgIpc) is 2.82. The molecule has 0 saturated carbocycles. The SMILES string of the molecule is O=C(NCCCCC(C(=O)NN=Cc1cccc(Cl)c1)N1CCCCC1)c1ccccc1. The molecule has 1 unspecified atom stereocenters. The van der Waals surface area contributed by atoms with Crippen LogP contribution in [-0.4, -0.2) is 48.6 Å². The van der Waals surface area contributed by atoms with Gasteiger partial charge in [0.1, 0.15) is 0 Å². The maximum atomic E-state index is 12.9. The molecule has 2 amide bonds. The van der Waals surface area contributed by atoms with Gasteiger partial charge in [-0.1, -0.05) is 48.4 Å². The van der Waals surface area contributed by atoms with E-state index in [4.69, 9.17) is 11.6 Å². The first-order valence-corrected chi connectivity index (χ1v) is 11.7. The molecule has 3 rings (SSSR count). The Hall–Kier alpha value is -2.70. The summed E-state index contributed by atoms with van der Waals surface area (Å²) < 4.78 is 0. The molecule has 1 aliphatic rings. The van der Waals surface area contributed by atoms with Crippen molar-refractivity contribution >= 4 is 29.6 Å². The van der Waals surface area contributed by atoms with Crippen LogP contribution in [0.15, 0.2) is 59.7 Å². The van der Waals surface area contributed by atoms with Crippen LogP contribution in [0.2, 0.25) is 5.02 Å². The van der Waals surface area contributed by atoms with Crippen LogP contribution in [0.5, 0.6) is 0 Å². The van der Waals surface area contributed by atoms with Gasteiger partial charge in [0.25, 0.3) is 11.8 Å². The van der Waals surface area contributed by atoms with E-state index in [2.05, 4.69) is 20.7 Å². The lowest BCUT2D eigenvalue weighted by Crippen LogP contribution is -2.47. The van der Waals surface area contributed by atoms with Crippen LogP contribution in [0.3, 0.4) is 0 Å². The molecule has 0 aliphatic carbocycles. The molecule has 32 heavy (non-hydrogen) atoms. The van der Waals surface area contributed by atoms with Crippen LogP contribution in [-0.2, 0) is 4.79 Å². The fourth-order valence-electron chi connectivity index (χ4n) is 3.90. The summed E-state index contributed by atoms with van der Waals surface area (Å²) in [6.07, 6.45) is 7.45. The molecular formula is C25H31ClN4O2. The number of carbonyl (C=O) groups excluding carboxylic acids is 2. The highest BCUT2D eigenvalue weighted by molar-refractivity contribution is 6.30. The normalized spacial score (nSPS) is 15.4. The molecule has 0 bridgehead atoms. The number of halogens is 1. The summed E-state index contributed by atoms with van der Waals surface area (Å²) in [5, 5.41) is 7.71. The van der Waals surface area contributed by atoms with E-state index in [0.29, 0.717) is 17.1 Å². The standard InChI is InChI=1S/C25H31ClN4O2/c26-22-13-9-10-20(18-22)19-28-29-25(32)23(30-16-7-2-8-17-30)14-5-6-15-27-24(31)21-11-3-1-4-12-21/h1,3-4,9-13,18-19,23H,2,5-8,14-17H2,(H,27,31)(H,29,32). The second kappa shape index (κ2) is 13.0. The largest absolute Gasteiger partial charge is 0.352 e. The van der Waals surface area contributed by atoms with Gasteiger partial charge in [0.05, 0.1) is 12.3 Å². The van der Waals surface area contributed by atoms with E-state index in [9.17, 15) is 9.59 Å². The Morgan fingerprint density at radius 1 is 1.03 bits per heavy atom.